The zero-order chi connectivity index (χ0) is 13.7. The largest absolute Gasteiger partial charge is 0.467 e. The molecule has 0 atom stereocenters. The molecule has 1 aromatic carbocycles. The van der Waals surface area contributed by atoms with E-state index in [2.05, 4.69) is 31.3 Å². The molecule has 1 amide bonds. The van der Waals surface area contributed by atoms with Gasteiger partial charge in [-0.2, -0.15) is 0 Å². The van der Waals surface area contributed by atoms with E-state index in [4.69, 9.17) is 4.42 Å². The van der Waals surface area contributed by atoms with Crippen LogP contribution in [-0.2, 0) is 17.8 Å². The van der Waals surface area contributed by atoms with E-state index in [0.29, 0.717) is 18.9 Å². The molecule has 0 aliphatic heterocycles. The number of carbonyl (C=O) groups is 1. The summed E-state index contributed by atoms with van der Waals surface area (Å²) in [5.41, 5.74) is 2.32. The lowest BCUT2D eigenvalue weighted by molar-refractivity contribution is -0.120. The molecule has 2 rings (SSSR count). The van der Waals surface area contributed by atoms with Gasteiger partial charge in [0.1, 0.15) is 5.76 Å². The third-order valence-corrected chi connectivity index (χ3v) is 3.05. The lowest BCUT2D eigenvalue weighted by atomic mass is 10.0. The highest BCUT2D eigenvalue weighted by molar-refractivity contribution is 5.78. The van der Waals surface area contributed by atoms with Crippen LogP contribution in [0.15, 0.2) is 47.1 Å². The van der Waals surface area contributed by atoms with E-state index < -0.39 is 0 Å². The van der Waals surface area contributed by atoms with E-state index in [9.17, 15) is 4.79 Å². The standard InChI is InChI=1S/C16H19NO2/c1-12(2)14-7-5-13(6-8-14)10-16(18)17-11-15-4-3-9-19-15/h3-9,12H,10-11H2,1-2H3,(H,17,18). The Morgan fingerprint density at radius 1 is 1.21 bits per heavy atom. The Morgan fingerprint density at radius 3 is 2.53 bits per heavy atom. The van der Waals surface area contributed by atoms with Gasteiger partial charge in [0.25, 0.3) is 0 Å². The average Bonchev–Trinajstić information content (AvgIpc) is 2.90. The monoisotopic (exact) mass is 257 g/mol. The Labute approximate surface area is 113 Å². The van der Waals surface area contributed by atoms with Crippen LogP contribution in [0.25, 0.3) is 0 Å². The summed E-state index contributed by atoms with van der Waals surface area (Å²) >= 11 is 0. The summed E-state index contributed by atoms with van der Waals surface area (Å²) in [5.74, 6) is 1.29. The highest BCUT2D eigenvalue weighted by atomic mass is 16.3. The summed E-state index contributed by atoms with van der Waals surface area (Å²) in [5, 5.41) is 2.84. The first-order chi connectivity index (χ1) is 9.15. The van der Waals surface area contributed by atoms with E-state index in [1.807, 2.05) is 24.3 Å². The highest BCUT2D eigenvalue weighted by Gasteiger charge is 2.05. The summed E-state index contributed by atoms with van der Waals surface area (Å²) in [4.78, 5) is 11.8. The number of benzene rings is 1. The number of rotatable bonds is 5. The van der Waals surface area contributed by atoms with Crippen molar-refractivity contribution in [3.05, 3.63) is 59.5 Å². The lowest BCUT2D eigenvalue weighted by Crippen LogP contribution is -2.24. The van der Waals surface area contributed by atoms with E-state index >= 15 is 0 Å². The number of furan rings is 1. The fourth-order valence-corrected chi connectivity index (χ4v) is 1.87. The summed E-state index contributed by atoms with van der Waals surface area (Å²) in [7, 11) is 0. The fourth-order valence-electron chi connectivity index (χ4n) is 1.87. The molecule has 3 nitrogen and oxygen atoms in total. The van der Waals surface area contributed by atoms with E-state index in [1.165, 1.54) is 5.56 Å². The molecule has 0 spiro atoms. The molecule has 0 aliphatic rings. The molecule has 0 radical (unpaired) electrons. The molecular formula is C16H19NO2. The second-order valence-electron chi connectivity index (χ2n) is 4.93. The first kappa shape index (κ1) is 13.4. The van der Waals surface area contributed by atoms with Crippen LogP contribution in [0.5, 0.6) is 0 Å². The number of hydrogen-bond acceptors (Lipinski definition) is 2. The molecule has 0 saturated heterocycles. The van der Waals surface area contributed by atoms with Gasteiger partial charge in [0.05, 0.1) is 19.2 Å². The molecule has 0 fully saturated rings. The molecule has 0 bridgehead atoms. The zero-order valence-electron chi connectivity index (χ0n) is 11.3. The van der Waals surface area contributed by atoms with Crippen molar-refractivity contribution in [2.24, 2.45) is 0 Å². The molecule has 3 heteroatoms. The van der Waals surface area contributed by atoms with Gasteiger partial charge in [-0.05, 0) is 29.2 Å². The smallest absolute Gasteiger partial charge is 0.224 e. The van der Waals surface area contributed by atoms with Gasteiger partial charge in [-0.1, -0.05) is 38.1 Å². The Balaban J connectivity index is 1.84. The Morgan fingerprint density at radius 2 is 1.95 bits per heavy atom. The maximum absolute atomic E-state index is 11.8. The molecule has 100 valence electrons. The SMILES string of the molecule is CC(C)c1ccc(CC(=O)NCc2ccco2)cc1. The van der Waals surface area contributed by atoms with Gasteiger partial charge >= 0.3 is 0 Å². The van der Waals surface area contributed by atoms with Crippen LogP contribution in [-0.4, -0.2) is 5.91 Å². The highest BCUT2D eigenvalue weighted by Crippen LogP contribution is 2.14. The Hall–Kier alpha value is -2.03. The molecule has 0 aliphatic carbocycles. The third kappa shape index (κ3) is 3.98. The van der Waals surface area contributed by atoms with Crippen molar-refractivity contribution in [1.82, 2.24) is 5.32 Å². The molecular weight excluding hydrogens is 238 g/mol. The fraction of sp³-hybridized carbons (Fsp3) is 0.312. The predicted octanol–water partition coefficient (Wildman–Crippen LogP) is 3.26. The van der Waals surface area contributed by atoms with Crippen LogP contribution < -0.4 is 5.32 Å². The van der Waals surface area contributed by atoms with Crippen LogP contribution in [0, 0.1) is 0 Å². The number of nitrogens with one attached hydrogen (secondary N) is 1. The summed E-state index contributed by atoms with van der Waals surface area (Å²) < 4.78 is 5.16. The van der Waals surface area contributed by atoms with Gasteiger partial charge in [-0.25, -0.2) is 0 Å². The van der Waals surface area contributed by atoms with Crippen LogP contribution in [0.3, 0.4) is 0 Å². The van der Waals surface area contributed by atoms with Crippen molar-refractivity contribution in [1.29, 1.82) is 0 Å². The molecule has 1 N–H and O–H groups in total. The minimum Gasteiger partial charge on any atom is -0.467 e. The zero-order valence-corrected chi connectivity index (χ0v) is 11.3. The molecule has 1 heterocycles. The molecule has 1 aromatic heterocycles. The van der Waals surface area contributed by atoms with E-state index in [-0.39, 0.29) is 5.91 Å². The van der Waals surface area contributed by atoms with Gasteiger partial charge in [0, 0.05) is 0 Å². The van der Waals surface area contributed by atoms with Crippen molar-refractivity contribution in [3.8, 4) is 0 Å². The Bertz CT molecular complexity index is 512. The number of amides is 1. The minimum absolute atomic E-state index is 0.00805. The van der Waals surface area contributed by atoms with Gasteiger partial charge in [-0.3, -0.25) is 4.79 Å². The summed E-state index contributed by atoms with van der Waals surface area (Å²) in [6.07, 6.45) is 2.01. The van der Waals surface area contributed by atoms with Crippen molar-refractivity contribution in [2.45, 2.75) is 32.7 Å². The Kier molecular flexibility index (Phi) is 4.39. The average molecular weight is 257 g/mol. The van der Waals surface area contributed by atoms with Gasteiger partial charge < -0.3 is 9.73 Å². The van der Waals surface area contributed by atoms with Crippen LogP contribution >= 0.6 is 0 Å². The maximum atomic E-state index is 11.8. The van der Waals surface area contributed by atoms with E-state index in [1.54, 1.807) is 6.26 Å². The quantitative estimate of drug-likeness (QED) is 0.893. The van der Waals surface area contributed by atoms with Gasteiger partial charge in [0.15, 0.2) is 0 Å². The second-order valence-corrected chi connectivity index (χ2v) is 4.93. The first-order valence-corrected chi connectivity index (χ1v) is 6.53. The summed E-state index contributed by atoms with van der Waals surface area (Å²) in [6.45, 7) is 4.76. The second kappa shape index (κ2) is 6.23. The molecule has 0 unspecified atom stereocenters. The van der Waals surface area contributed by atoms with Gasteiger partial charge in [-0.15, -0.1) is 0 Å². The normalized spacial score (nSPS) is 10.7. The predicted molar refractivity (Wildman–Crippen MR) is 74.8 cm³/mol. The maximum Gasteiger partial charge on any atom is 0.224 e. The molecule has 19 heavy (non-hydrogen) atoms. The topological polar surface area (TPSA) is 42.2 Å². The van der Waals surface area contributed by atoms with Crippen LogP contribution in [0.4, 0.5) is 0 Å². The molecule has 2 aromatic rings. The number of hydrogen-bond donors (Lipinski definition) is 1. The van der Waals surface area contributed by atoms with Crippen LogP contribution in [0.1, 0.15) is 36.7 Å². The van der Waals surface area contributed by atoms with E-state index in [0.717, 1.165) is 11.3 Å². The first-order valence-electron chi connectivity index (χ1n) is 6.53. The van der Waals surface area contributed by atoms with Crippen molar-refractivity contribution in [2.75, 3.05) is 0 Å². The minimum atomic E-state index is 0.00805. The van der Waals surface area contributed by atoms with Crippen molar-refractivity contribution >= 4 is 5.91 Å². The molecule has 0 saturated carbocycles. The number of carbonyl (C=O) groups excluding carboxylic acids is 1. The third-order valence-electron chi connectivity index (χ3n) is 3.05. The summed E-state index contributed by atoms with van der Waals surface area (Å²) in [6, 6.07) is 11.9. The lowest BCUT2D eigenvalue weighted by Gasteiger charge is -2.07. The van der Waals surface area contributed by atoms with Crippen molar-refractivity contribution in [3.63, 3.8) is 0 Å². The van der Waals surface area contributed by atoms with Crippen LogP contribution in [0.2, 0.25) is 0 Å². The van der Waals surface area contributed by atoms with Crippen molar-refractivity contribution < 1.29 is 9.21 Å². The van der Waals surface area contributed by atoms with Gasteiger partial charge in [0.2, 0.25) is 5.91 Å².